The molecule has 74 valence electrons. The summed E-state index contributed by atoms with van der Waals surface area (Å²) in [5.74, 6) is -0.322. The van der Waals surface area contributed by atoms with Gasteiger partial charge in [0.25, 0.3) is 0 Å². The Balaban J connectivity index is 2.22. The lowest BCUT2D eigenvalue weighted by Crippen LogP contribution is -2.33. The van der Waals surface area contributed by atoms with E-state index >= 15 is 0 Å². The lowest BCUT2D eigenvalue weighted by molar-refractivity contribution is -0.140. The van der Waals surface area contributed by atoms with Crippen LogP contribution in [0.15, 0.2) is 22.7 Å². The van der Waals surface area contributed by atoms with Gasteiger partial charge in [-0.15, -0.1) is 0 Å². The first-order valence-electron chi connectivity index (χ1n) is 4.11. The summed E-state index contributed by atoms with van der Waals surface area (Å²) >= 11 is 3.35. The van der Waals surface area contributed by atoms with Gasteiger partial charge in [-0.3, -0.25) is 0 Å². The molecular weight excluding hydrogens is 248 g/mol. The molecule has 0 aliphatic carbocycles. The molecule has 4 nitrogen and oxygen atoms in total. The number of benzene rings is 1. The number of anilines is 2. The Labute approximate surface area is 89.8 Å². The second-order valence-corrected chi connectivity index (χ2v) is 3.85. The highest BCUT2D eigenvalue weighted by Crippen LogP contribution is 2.31. The monoisotopic (exact) mass is 256 g/mol. The van der Waals surface area contributed by atoms with Crippen LogP contribution in [-0.4, -0.2) is 19.2 Å². The summed E-state index contributed by atoms with van der Waals surface area (Å²) in [6.45, 7) is 0. The molecule has 0 saturated heterocycles. The Morgan fingerprint density at radius 1 is 1.43 bits per heavy atom. The second kappa shape index (κ2) is 3.49. The van der Waals surface area contributed by atoms with Crippen LogP contribution < -0.4 is 10.6 Å². The Hall–Kier alpha value is -1.23. The summed E-state index contributed by atoms with van der Waals surface area (Å²) in [5, 5.41) is 6.02. The van der Waals surface area contributed by atoms with E-state index in [-0.39, 0.29) is 5.97 Å². The van der Waals surface area contributed by atoms with Gasteiger partial charge in [0.2, 0.25) is 0 Å². The highest BCUT2D eigenvalue weighted by Gasteiger charge is 2.26. The summed E-state index contributed by atoms with van der Waals surface area (Å²) in [5.41, 5.74) is 1.80. The molecule has 1 aliphatic rings. The lowest BCUT2D eigenvalue weighted by atomic mass is 10.3. The molecule has 2 N–H and O–H groups in total. The number of ether oxygens (including phenoxy) is 1. The molecule has 0 saturated carbocycles. The number of nitrogens with one attached hydrogen (secondary N) is 2. The zero-order chi connectivity index (χ0) is 10.1. The van der Waals surface area contributed by atoms with Gasteiger partial charge in [-0.2, -0.15) is 0 Å². The standard InChI is InChI=1S/C9H9BrN2O2/c1-14-9(13)8-11-6-3-2-5(10)4-7(6)12-8/h2-4,8,11-12H,1H3. The summed E-state index contributed by atoms with van der Waals surface area (Å²) in [6, 6.07) is 5.72. The molecule has 0 bridgehead atoms. The van der Waals surface area contributed by atoms with Crippen molar-refractivity contribution in [3.05, 3.63) is 22.7 Å². The number of carbonyl (C=O) groups is 1. The molecule has 1 heterocycles. The molecule has 0 radical (unpaired) electrons. The van der Waals surface area contributed by atoms with Crippen LogP contribution in [0.5, 0.6) is 0 Å². The quantitative estimate of drug-likeness (QED) is 0.753. The van der Waals surface area contributed by atoms with Crippen LogP contribution in [0.3, 0.4) is 0 Å². The normalized spacial score (nSPS) is 18.0. The van der Waals surface area contributed by atoms with E-state index in [0.29, 0.717) is 0 Å². The van der Waals surface area contributed by atoms with Crippen molar-refractivity contribution >= 4 is 33.3 Å². The van der Waals surface area contributed by atoms with Crippen molar-refractivity contribution < 1.29 is 9.53 Å². The highest BCUT2D eigenvalue weighted by molar-refractivity contribution is 9.10. The number of halogens is 1. The molecule has 1 atom stereocenters. The van der Waals surface area contributed by atoms with Gasteiger partial charge in [-0.25, -0.2) is 4.79 Å². The van der Waals surface area contributed by atoms with E-state index in [0.717, 1.165) is 15.8 Å². The van der Waals surface area contributed by atoms with E-state index < -0.39 is 6.17 Å². The van der Waals surface area contributed by atoms with E-state index in [2.05, 4.69) is 31.3 Å². The average Bonchev–Trinajstić information content (AvgIpc) is 2.59. The van der Waals surface area contributed by atoms with Crippen molar-refractivity contribution in [2.45, 2.75) is 6.17 Å². The third-order valence-electron chi connectivity index (χ3n) is 2.02. The van der Waals surface area contributed by atoms with Crippen molar-refractivity contribution in [3.8, 4) is 0 Å². The molecule has 2 rings (SSSR count). The van der Waals surface area contributed by atoms with Gasteiger partial charge in [-0.05, 0) is 18.2 Å². The third-order valence-corrected chi connectivity index (χ3v) is 2.51. The van der Waals surface area contributed by atoms with Crippen molar-refractivity contribution in [2.24, 2.45) is 0 Å². The van der Waals surface area contributed by atoms with Gasteiger partial charge in [0.15, 0.2) is 6.17 Å². The van der Waals surface area contributed by atoms with Crippen LogP contribution in [0, 0.1) is 0 Å². The van der Waals surface area contributed by atoms with Crippen LogP contribution in [0.25, 0.3) is 0 Å². The Kier molecular flexibility index (Phi) is 2.33. The van der Waals surface area contributed by atoms with Crippen molar-refractivity contribution in [1.29, 1.82) is 0 Å². The molecule has 0 spiro atoms. The van der Waals surface area contributed by atoms with Gasteiger partial charge in [0, 0.05) is 4.47 Å². The number of fused-ring (bicyclic) bond motifs is 1. The summed E-state index contributed by atoms with van der Waals surface area (Å²) in [6.07, 6.45) is -0.482. The number of methoxy groups -OCH3 is 1. The average molecular weight is 257 g/mol. The van der Waals surface area contributed by atoms with Crippen LogP contribution >= 0.6 is 15.9 Å². The number of hydrogen-bond acceptors (Lipinski definition) is 4. The Morgan fingerprint density at radius 2 is 2.14 bits per heavy atom. The smallest absolute Gasteiger partial charge is 0.349 e. The maximum absolute atomic E-state index is 11.2. The molecule has 0 fully saturated rings. The molecule has 0 amide bonds. The largest absolute Gasteiger partial charge is 0.466 e. The minimum absolute atomic E-state index is 0.322. The number of hydrogen-bond donors (Lipinski definition) is 2. The minimum Gasteiger partial charge on any atom is -0.466 e. The van der Waals surface area contributed by atoms with E-state index in [4.69, 9.17) is 0 Å². The van der Waals surface area contributed by atoms with Gasteiger partial charge >= 0.3 is 5.97 Å². The third kappa shape index (κ3) is 1.55. The van der Waals surface area contributed by atoms with Gasteiger partial charge in [0.05, 0.1) is 18.5 Å². The topological polar surface area (TPSA) is 50.4 Å². The maximum Gasteiger partial charge on any atom is 0.349 e. The zero-order valence-electron chi connectivity index (χ0n) is 7.50. The number of esters is 1. The predicted octanol–water partition coefficient (Wildman–Crippen LogP) is 1.79. The first-order chi connectivity index (χ1) is 6.70. The van der Waals surface area contributed by atoms with Crippen LogP contribution in [0.4, 0.5) is 11.4 Å². The summed E-state index contributed by atoms with van der Waals surface area (Å²) < 4.78 is 5.59. The molecule has 0 aromatic heterocycles. The van der Waals surface area contributed by atoms with Gasteiger partial charge < -0.3 is 15.4 Å². The van der Waals surface area contributed by atoms with Gasteiger partial charge in [-0.1, -0.05) is 15.9 Å². The summed E-state index contributed by atoms with van der Waals surface area (Å²) in [7, 11) is 1.37. The highest BCUT2D eigenvalue weighted by atomic mass is 79.9. The fraction of sp³-hybridized carbons (Fsp3) is 0.222. The van der Waals surface area contributed by atoms with Crippen LogP contribution in [0.2, 0.25) is 0 Å². The second-order valence-electron chi connectivity index (χ2n) is 2.93. The fourth-order valence-corrected chi connectivity index (χ4v) is 1.71. The lowest BCUT2D eigenvalue weighted by Gasteiger charge is -2.08. The summed E-state index contributed by atoms with van der Waals surface area (Å²) in [4.78, 5) is 11.2. The van der Waals surface area contributed by atoms with Crippen molar-refractivity contribution in [2.75, 3.05) is 17.7 Å². The fourth-order valence-electron chi connectivity index (χ4n) is 1.34. The predicted molar refractivity (Wildman–Crippen MR) is 57.2 cm³/mol. The number of rotatable bonds is 1. The van der Waals surface area contributed by atoms with Crippen molar-refractivity contribution in [3.63, 3.8) is 0 Å². The molecule has 5 heteroatoms. The van der Waals surface area contributed by atoms with Crippen molar-refractivity contribution in [1.82, 2.24) is 0 Å². The van der Waals surface area contributed by atoms with E-state index in [1.54, 1.807) is 0 Å². The minimum atomic E-state index is -0.482. The Morgan fingerprint density at radius 3 is 2.86 bits per heavy atom. The molecule has 1 aromatic carbocycles. The molecule has 1 unspecified atom stereocenters. The molecular formula is C9H9BrN2O2. The van der Waals surface area contributed by atoms with Crippen LogP contribution in [0.1, 0.15) is 0 Å². The van der Waals surface area contributed by atoms with Gasteiger partial charge in [0.1, 0.15) is 0 Å². The Bertz CT molecular complexity index is 381. The number of carbonyl (C=O) groups excluding carboxylic acids is 1. The maximum atomic E-state index is 11.2. The molecule has 1 aromatic rings. The zero-order valence-corrected chi connectivity index (χ0v) is 9.09. The first-order valence-corrected chi connectivity index (χ1v) is 4.90. The van der Waals surface area contributed by atoms with E-state index in [1.807, 2.05) is 18.2 Å². The SMILES string of the molecule is COC(=O)C1Nc2ccc(Br)cc2N1. The molecule has 1 aliphatic heterocycles. The van der Waals surface area contributed by atoms with E-state index in [1.165, 1.54) is 7.11 Å². The molecule has 14 heavy (non-hydrogen) atoms. The van der Waals surface area contributed by atoms with Crippen LogP contribution in [-0.2, 0) is 9.53 Å². The van der Waals surface area contributed by atoms with E-state index in [9.17, 15) is 4.79 Å². The first kappa shape index (κ1) is 9.33.